The molecule has 1 saturated heterocycles. The van der Waals surface area contributed by atoms with E-state index in [-0.39, 0.29) is 17.4 Å². The predicted molar refractivity (Wildman–Crippen MR) is 87.3 cm³/mol. The maximum Gasteiger partial charge on any atom is 0.266 e. The summed E-state index contributed by atoms with van der Waals surface area (Å²) >= 11 is 0. The fourth-order valence-corrected chi connectivity index (χ4v) is 3.34. The van der Waals surface area contributed by atoms with Crippen LogP contribution in [0.5, 0.6) is 0 Å². The second-order valence-corrected chi connectivity index (χ2v) is 6.43. The third-order valence-corrected chi connectivity index (χ3v) is 4.72. The summed E-state index contributed by atoms with van der Waals surface area (Å²) in [7, 11) is 0. The molecule has 0 aliphatic carbocycles. The standard InChI is InChI=1S/C18H19N3O3/c22-17-6-3-7-19-21(17)11-13-9-20(10-13)18(23)16-8-14-4-1-2-5-15(14)12-24-16/h1-7,13,16H,8-12H2. The van der Waals surface area contributed by atoms with E-state index in [0.29, 0.717) is 32.7 Å². The van der Waals surface area contributed by atoms with Crippen LogP contribution in [0.1, 0.15) is 11.1 Å². The first-order chi connectivity index (χ1) is 11.7. The van der Waals surface area contributed by atoms with Gasteiger partial charge < -0.3 is 9.64 Å². The van der Waals surface area contributed by atoms with Gasteiger partial charge in [-0.05, 0) is 17.2 Å². The number of carbonyl (C=O) groups excluding carboxylic acids is 1. The number of carbonyl (C=O) groups is 1. The monoisotopic (exact) mass is 325 g/mol. The molecule has 1 aromatic carbocycles. The highest BCUT2D eigenvalue weighted by atomic mass is 16.5. The smallest absolute Gasteiger partial charge is 0.266 e. The Morgan fingerprint density at radius 1 is 1.17 bits per heavy atom. The number of ether oxygens (including phenoxy) is 1. The van der Waals surface area contributed by atoms with Gasteiger partial charge in [-0.1, -0.05) is 24.3 Å². The lowest BCUT2D eigenvalue weighted by Gasteiger charge is -2.41. The predicted octanol–water partition coefficient (Wildman–Crippen LogP) is 0.843. The average molecular weight is 325 g/mol. The summed E-state index contributed by atoms with van der Waals surface area (Å²) in [6.45, 7) is 2.36. The molecule has 124 valence electrons. The molecule has 0 radical (unpaired) electrons. The largest absolute Gasteiger partial charge is 0.363 e. The maximum atomic E-state index is 12.6. The molecule has 1 atom stereocenters. The van der Waals surface area contributed by atoms with Crippen molar-refractivity contribution in [2.24, 2.45) is 5.92 Å². The van der Waals surface area contributed by atoms with Gasteiger partial charge in [0.25, 0.3) is 11.5 Å². The number of fused-ring (bicyclic) bond motifs is 1. The molecule has 6 nitrogen and oxygen atoms in total. The fourth-order valence-electron chi connectivity index (χ4n) is 3.34. The minimum absolute atomic E-state index is 0.0501. The van der Waals surface area contributed by atoms with Gasteiger partial charge in [-0.3, -0.25) is 9.59 Å². The molecule has 0 saturated carbocycles. The zero-order valence-electron chi connectivity index (χ0n) is 13.3. The lowest BCUT2D eigenvalue weighted by molar-refractivity contribution is -0.152. The van der Waals surface area contributed by atoms with Crippen molar-refractivity contribution >= 4 is 5.91 Å². The van der Waals surface area contributed by atoms with Gasteiger partial charge in [-0.15, -0.1) is 0 Å². The van der Waals surface area contributed by atoms with Gasteiger partial charge >= 0.3 is 0 Å². The van der Waals surface area contributed by atoms with Gasteiger partial charge in [0.15, 0.2) is 0 Å². The second-order valence-electron chi connectivity index (χ2n) is 6.43. The third kappa shape index (κ3) is 2.85. The van der Waals surface area contributed by atoms with Crippen LogP contribution in [0.15, 0.2) is 47.4 Å². The van der Waals surface area contributed by atoms with E-state index in [1.165, 1.54) is 16.3 Å². The number of aromatic nitrogens is 2. The summed E-state index contributed by atoms with van der Waals surface area (Å²) in [5.74, 6) is 0.326. The van der Waals surface area contributed by atoms with Crippen LogP contribution < -0.4 is 5.56 Å². The number of amides is 1. The molecule has 6 heteroatoms. The van der Waals surface area contributed by atoms with Crippen molar-refractivity contribution in [3.05, 3.63) is 64.1 Å². The number of rotatable bonds is 3. The molecule has 0 N–H and O–H groups in total. The van der Waals surface area contributed by atoms with E-state index in [4.69, 9.17) is 4.74 Å². The fraction of sp³-hybridized carbons (Fsp3) is 0.389. The minimum atomic E-state index is -0.390. The van der Waals surface area contributed by atoms with Crippen molar-refractivity contribution < 1.29 is 9.53 Å². The van der Waals surface area contributed by atoms with Crippen LogP contribution in [0, 0.1) is 5.92 Å². The summed E-state index contributed by atoms with van der Waals surface area (Å²) in [5, 5.41) is 4.06. The highest BCUT2D eigenvalue weighted by Crippen LogP contribution is 2.24. The van der Waals surface area contributed by atoms with Crippen molar-refractivity contribution in [3.63, 3.8) is 0 Å². The van der Waals surface area contributed by atoms with Crippen molar-refractivity contribution in [2.75, 3.05) is 13.1 Å². The summed E-state index contributed by atoms with van der Waals surface area (Å²) in [6.07, 6.45) is 1.85. The molecule has 2 aliphatic heterocycles. The van der Waals surface area contributed by atoms with Gasteiger partial charge in [0.05, 0.1) is 13.2 Å². The van der Waals surface area contributed by atoms with Gasteiger partial charge in [-0.25, -0.2) is 4.68 Å². The average Bonchev–Trinajstić information content (AvgIpc) is 2.58. The molecule has 0 spiro atoms. The minimum Gasteiger partial charge on any atom is -0.363 e. The molecule has 1 aromatic heterocycles. The summed E-state index contributed by atoms with van der Waals surface area (Å²) in [5.41, 5.74) is 2.26. The van der Waals surface area contributed by atoms with E-state index in [2.05, 4.69) is 11.2 Å². The normalized spacial score (nSPS) is 20.3. The zero-order valence-corrected chi connectivity index (χ0v) is 13.3. The molecular formula is C18H19N3O3. The lowest BCUT2D eigenvalue weighted by Crippen LogP contribution is -2.56. The van der Waals surface area contributed by atoms with Crippen molar-refractivity contribution in [1.82, 2.24) is 14.7 Å². The molecule has 0 bridgehead atoms. The zero-order chi connectivity index (χ0) is 16.5. The van der Waals surface area contributed by atoms with Crippen LogP contribution in [-0.4, -0.2) is 39.8 Å². The first-order valence-electron chi connectivity index (χ1n) is 8.20. The van der Waals surface area contributed by atoms with E-state index in [0.717, 1.165) is 5.56 Å². The van der Waals surface area contributed by atoms with Gasteiger partial charge in [0.2, 0.25) is 0 Å². The Morgan fingerprint density at radius 3 is 2.75 bits per heavy atom. The molecule has 1 fully saturated rings. The van der Waals surface area contributed by atoms with E-state index in [1.54, 1.807) is 12.3 Å². The Bertz CT molecular complexity index is 811. The van der Waals surface area contributed by atoms with Crippen molar-refractivity contribution in [3.8, 4) is 0 Å². The van der Waals surface area contributed by atoms with Gasteiger partial charge in [-0.2, -0.15) is 5.10 Å². The highest BCUT2D eigenvalue weighted by Gasteiger charge is 2.36. The molecule has 4 rings (SSSR count). The van der Waals surface area contributed by atoms with E-state index in [1.807, 2.05) is 23.1 Å². The topological polar surface area (TPSA) is 64.4 Å². The Kier molecular flexibility index (Phi) is 3.90. The molecule has 2 aromatic rings. The number of benzene rings is 1. The molecule has 1 amide bonds. The summed E-state index contributed by atoms with van der Waals surface area (Å²) in [4.78, 5) is 26.1. The molecule has 3 heterocycles. The van der Waals surface area contributed by atoms with Crippen molar-refractivity contribution in [1.29, 1.82) is 0 Å². The Balaban J connectivity index is 1.33. The SMILES string of the molecule is O=C(C1Cc2ccccc2CO1)N1CC(Cn2ncccc2=O)C1. The van der Waals surface area contributed by atoms with Gasteiger partial charge in [0, 0.05) is 37.7 Å². The molecule has 2 aliphatic rings. The number of hydrogen-bond acceptors (Lipinski definition) is 4. The summed E-state index contributed by atoms with van der Waals surface area (Å²) in [6, 6.07) is 11.2. The van der Waals surface area contributed by atoms with Gasteiger partial charge in [0.1, 0.15) is 6.10 Å². The quantitative estimate of drug-likeness (QED) is 0.839. The highest BCUT2D eigenvalue weighted by molar-refractivity contribution is 5.82. The van der Waals surface area contributed by atoms with Crippen LogP contribution in [0.4, 0.5) is 0 Å². The first kappa shape index (κ1) is 15.1. The van der Waals surface area contributed by atoms with Crippen LogP contribution >= 0.6 is 0 Å². The number of likely N-dealkylation sites (tertiary alicyclic amines) is 1. The summed E-state index contributed by atoms with van der Waals surface area (Å²) < 4.78 is 7.20. The lowest BCUT2D eigenvalue weighted by atomic mass is 9.95. The Hall–Kier alpha value is -2.47. The van der Waals surface area contributed by atoms with E-state index in [9.17, 15) is 9.59 Å². The Morgan fingerprint density at radius 2 is 1.96 bits per heavy atom. The Labute approximate surface area is 139 Å². The van der Waals surface area contributed by atoms with Crippen LogP contribution in [-0.2, 0) is 29.1 Å². The number of hydrogen-bond donors (Lipinski definition) is 0. The molecule has 1 unspecified atom stereocenters. The van der Waals surface area contributed by atoms with Crippen molar-refractivity contribution in [2.45, 2.75) is 25.7 Å². The van der Waals surface area contributed by atoms with Crippen LogP contribution in [0.3, 0.4) is 0 Å². The molecule has 24 heavy (non-hydrogen) atoms. The van der Waals surface area contributed by atoms with E-state index < -0.39 is 6.10 Å². The van der Waals surface area contributed by atoms with E-state index >= 15 is 0 Å². The van der Waals surface area contributed by atoms with Crippen LogP contribution in [0.25, 0.3) is 0 Å². The second kappa shape index (κ2) is 6.20. The maximum absolute atomic E-state index is 12.6. The van der Waals surface area contributed by atoms with Crippen LogP contribution in [0.2, 0.25) is 0 Å². The first-order valence-corrected chi connectivity index (χ1v) is 8.20. The molecular weight excluding hydrogens is 306 g/mol. The number of nitrogens with zero attached hydrogens (tertiary/aromatic N) is 3. The third-order valence-electron chi connectivity index (χ3n) is 4.72.